The Morgan fingerprint density at radius 3 is 2.74 bits per heavy atom. The lowest BCUT2D eigenvalue weighted by molar-refractivity contribution is 0.0104. The lowest BCUT2D eigenvalue weighted by Crippen LogP contribution is -2.58. The molecule has 0 aromatic carbocycles. The molecule has 0 atom stereocenters. The first kappa shape index (κ1) is 13.6. The topological polar surface area (TPSA) is 54.5 Å². The molecule has 19 heavy (non-hydrogen) atoms. The van der Waals surface area contributed by atoms with E-state index in [-0.39, 0.29) is 12.1 Å². The van der Waals surface area contributed by atoms with Gasteiger partial charge in [0.05, 0.1) is 6.04 Å². The molecule has 6 heteroatoms. The molecule has 1 fully saturated rings. The second-order valence-electron chi connectivity index (χ2n) is 5.57. The van der Waals surface area contributed by atoms with E-state index in [0.29, 0.717) is 18.9 Å². The first-order valence-electron chi connectivity index (χ1n) is 6.20. The largest absolute Gasteiger partial charge is 0.444 e. The Kier molecular flexibility index (Phi) is 3.59. The van der Waals surface area contributed by atoms with E-state index in [1.54, 1.807) is 17.0 Å². The average Bonchev–Trinajstić information content (AvgIpc) is 2.20. The summed E-state index contributed by atoms with van der Waals surface area (Å²) in [5.74, 6) is -0.0397. The molecule has 1 aliphatic rings. The maximum Gasteiger partial charge on any atom is 0.410 e. The molecule has 0 spiro atoms. The second-order valence-corrected chi connectivity index (χ2v) is 5.57. The molecule has 2 heterocycles. The maximum absolute atomic E-state index is 12.9. The molecular formula is C13H18FN3O2. The normalized spacial score (nSPS) is 15.9. The first-order chi connectivity index (χ1) is 8.83. The van der Waals surface area contributed by atoms with Crippen molar-refractivity contribution in [1.29, 1.82) is 0 Å². The minimum atomic E-state index is -0.520. The van der Waals surface area contributed by atoms with Crippen molar-refractivity contribution in [1.82, 2.24) is 9.88 Å². The number of pyridine rings is 1. The number of rotatable bonds is 2. The number of hydrogen-bond acceptors (Lipinski definition) is 4. The number of carbonyl (C=O) groups excluding carboxylic acids is 1. The number of aromatic nitrogens is 1. The number of likely N-dealkylation sites (tertiary alicyclic amines) is 1. The average molecular weight is 267 g/mol. The third-order valence-electron chi connectivity index (χ3n) is 2.60. The molecule has 0 radical (unpaired) electrons. The van der Waals surface area contributed by atoms with Crippen LogP contribution < -0.4 is 5.32 Å². The SMILES string of the molecule is CC(C)(C)OC(=O)N1CC(Nc2cccc(F)n2)C1. The Morgan fingerprint density at radius 2 is 2.16 bits per heavy atom. The summed E-state index contributed by atoms with van der Waals surface area (Å²) in [5, 5.41) is 3.07. The highest BCUT2D eigenvalue weighted by atomic mass is 19.1. The van der Waals surface area contributed by atoms with E-state index in [0.717, 1.165) is 0 Å². The van der Waals surface area contributed by atoms with Crippen molar-refractivity contribution >= 4 is 11.9 Å². The number of nitrogens with zero attached hydrogens (tertiary/aromatic N) is 2. The molecule has 2 rings (SSSR count). The van der Waals surface area contributed by atoms with Gasteiger partial charge in [-0.25, -0.2) is 9.78 Å². The molecule has 0 saturated carbocycles. The van der Waals surface area contributed by atoms with E-state index in [4.69, 9.17) is 4.74 Å². The van der Waals surface area contributed by atoms with Gasteiger partial charge in [0.25, 0.3) is 0 Å². The van der Waals surface area contributed by atoms with Crippen molar-refractivity contribution in [2.75, 3.05) is 18.4 Å². The number of carbonyl (C=O) groups is 1. The van der Waals surface area contributed by atoms with Gasteiger partial charge in [0, 0.05) is 13.1 Å². The van der Waals surface area contributed by atoms with Crippen LogP contribution in [0.25, 0.3) is 0 Å². The highest BCUT2D eigenvalue weighted by Crippen LogP contribution is 2.17. The molecule has 1 aromatic rings. The highest BCUT2D eigenvalue weighted by molar-refractivity contribution is 5.69. The zero-order valence-corrected chi connectivity index (χ0v) is 11.3. The van der Waals surface area contributed by atoms with Gasteiger partial charge < -0.3 is 15.0 Å². The van der Waals surface area contributed by atoms with Gasteiger partial charge in [0.2, 0.25) is 5.95 Å². The van der Waals surface area contributed by atoms with Gasteiger partial charge in [0.15, 0.2) is 0 Å². The number of ether oxygens (including phenoxy) is 1. The summed E-state index contributed by atoms with van der Waals surface area (Å²) in [5.41, 5.74) is -0.486. The molecule has 1 amide bonds. The van der Waals surface area contributed by atoms with Gasteiger partial charge in [-0.3, -0.25) is 0 Å². The fourth-order valence-corrected chi connectivity index (χ4v) is 1.74. The Balaban J connectivity index is 1.79. The summed E-state index contributed by atoms with van der Waals surface area (Å²) in [6.07, 6.45) is -0.322. The number of amides is 1. The third-order valence-corrected chi connectivity index (χ3v) is 2.60. The molecule has 1 saturated heterocycles. The van der Waals surface area contributed by atoms with Crippen LogP contribution in [0.4, 0.5) is 15.0 Å². The zero-order valence-electron chi connectivity index (χ0n) is 11.3. The van der Waals surface area contributed by atoms with Crippen LogP contribution in [0.15, 0.2) is 18.2 Å². The zero-order chi connectivity index (χ0) is 14.0. The van der Waals surface area contributed by atoms with Crippen molar-refractivity contribution in [3.63, 3.8) is 0 Å². The van der Waals surface area contributed by atoms with Crippen molar-refractivity contribution in [2.45, 2.75) is 32.4 Å². The summed E-state index contributed by atoms with van der Waals surface area (Å²) in [6, 6.07) is 4.66. The molecule has 1 aromatic heterocycles. The predicted octanol–water partition coefficient (Wildman–Crippen LogP) is 2.25. The quantitative estimate of drug-likeness (QED) is 0.835. The minimum Gasteiger partial charge on any atom is -0.444 e. The molecule has 1 N–H and O–H groups in total. The van der Waals surface area contributed by atoms with Gasteiger partial charge >= 0.3 is 6.09 Å². The number of anilines is 1. The van der Waals surface area contributed by atoms with E-state index < -0.39 is 11.5 Å². The smallest absolute Gasteiger partial charge is 0.410 e. The molecule has 104 valence electrons. The van der Waals surface area contributed by atoms with Gasteiger partial charge in [0.1, 0.15) is 11.4 Å². The minimum absolute atomic E-state index is 0.0850. The molecule has 0 bridgehead atoms. The molecule has 0 aliphatic carbocycles. The number of halogens is 1. The van der Waals surface area contributed by atoms with Crippen LogP contribution in [-0.2, 0) is 4.74 Å². The first-order valence-corrected chi connectivity index (χ1v) is 6.20. The molecule has 1 aliphatic heterocycles. The van der Waals surface area contributed by atoms with Crippen LogP contribution in [0.3, 0.4) is 0 Å². The highest BCUT2D eigenvalue weighted by Gasteiger charge is 2.33. The Labute approximate surface area is 111 Å². The van der Waals surface area contributed by atoms with E-state index in [1.165, 1.54) is 6.07 Å². The van der Waals surface area contributed by atoms with E-state index in [9.17, 15) is 9.18 Å². The lowest BCUT2D eigenvalue weighted by Gasteiger charge is -2.40. The Bertz CT molecular complexity index is 467. The van der Waals surface area contributed by atoms with E-state index in [2.05, 4.69) is 10.3 Å². The number of nitrogens with one attached hydrogen (secondary N) is 1. The van der Waals surface area contributed by atoms with Crippen molar-refractivity contribution in [2.24, 2.45) is 0 Å². The van der Waals surface area contributed by atoms with Crippen LogP contribution >= 0.6 is 0 Å². The van der Waals surface area contributed by atoms with Crippen LogP contribution in [0.1, 0.15) is 20.8 Å². The third kappa shape index (κ3) is 3.81. The van der Waals surface area contributed by atoms with Crippen molar-refractivity contribution in [3.05, 3.63) is 24.1 Å². The van der Waals surface area contributed by atoms with Gasteiger partial charge in [-0.15, -0.1) is 0 Å². The summed E-state index contributed by atoms with van der Waals surface area (Å²) in [4.78, 5) is 17.0. The monoisotopic (exact) mass is 267 g/mol. The predicted molar refractivity (Wildman–Crippen MR) is 69.4 cm³/mol. The van der Waals surface area contributed by atoms with E-state index >= 15 is 0 Å². The lowest BCUT2D eigenvalue weighted by atomic mass is 10.1. The summed E-state index contributed by atoms with van der Waals surface area (Å²) in [6.45, 7) is 6.56. The van der Waals surface area contributed by atoms with Crippen LogP contribution in [0, 0.1) is 5.95 Å². The maximum atomic E-state index is 12.9. The van der Waals surface area contributed by atoms with Crippen LogP contribution in [0.2, 0.25) is 0 Å². The van der Waals surface area contributed by atoms with Gasteiger partial charge in [-0.2, -0.15) is 4.39 Å². The molecular weight excluding hydrogens is 249 g/mol. The fraction of sp³-hybridized carbons (Fsp3) is 0.538. The fourth-order valence-electron chi connectivity index (χ4n) is 1.74. The Hall–Kier alpha value is -1.85. The van der Waals surface area contributed by atoms with Gasteiger partial charge in [-0.05, 0) is 32.9 Å². The van der Waals surface area contributed by atoms with Crippen molar-refractivity contribution < 1.29 is 13.9 Å². The van der Waals surface area contributed by atoms with E-state index in [1.807, 2.05) is 20.8 Å². The Morgan fingerprint density at radius 1 is 1.47 bits per heavy atom. The summed E-state index contributed by atoms with van der Waals surface area (Å²) < 4.78 is 18.1. The second kappa shape index (κ2) is 5.03. The van der Waals surface area contributed by atoms with Crippen molar-refractivity contribution in [3.8, 4) is 0 Å². The van der Waals surface area contributed by atoms with Crippen LogP contribution in [-0.4, -0.2) is 40.7 Å². The van der Waals surface area contributed by atoms with Gasteiger partial charge in [-0.1, -0.05) is 6.07 Å². The standard InChI is InChI=1S/C13H18FN3O2/c1-13(2,3)19-12(18)17-7-9(8-17)15-11-6-4-5-10(14)16-11/h4-6,9H,7-8H2,1-3H3,(H,15,16). The number of hydrogen-bond donors (Lipinski definition) is 1. The summed E-state index contributed by atoms with van der Waals surface area (Å²) >= 11 is 0. The molecule has 5 nitrogen and oxygen atoms in total. The summed E-state index contributed by atoms with van der Waals surface area (Å²) in [7, 11) is 0. The van der Waals surface area contributed by atoms with Crippen LogP contribution in [0.5, 0.6) is 0 Å². The molecule has 0 unspecified atom stereocenters.